The Kier molecular flexibility index (Phi) is 3.00. The van der Waals surface area contributed by atoms with Crippen LogP contribution in [0.4, 0.5) is 0 Å². The van der Waals surface area contributed by atoms with Crippen LogP contribution in [0.2, 0.25) is 0 Å². The van der Waals surface area contributed by atoms with Gasteiger partial charge < -0.3 is 5.32 Å². The fourth-order valence-corrected chi connectivity index (χ4v) is 3.09. The number of nitrogens with one attached hydrogen (secondary N) is 1. The van der Waals surface area contributed by atoms with Gasteiger partial charge in [-0.05, 0) is 11.1 Å². The van der Waals surface area contributed by atoms with Gasteiger partial charge in [0, 0.05) is 37.6 Å². The SMILES string of the molecule is CC1(C)CNC(CN2CC=CC2)c2ccccc21. The van der Waals surface area contributed by atoms with Gasteiger partial charge in [-0.25, -0.2) is 0 Å². The summed E-state index contributed by atoms with van der Waals surface area (Å²) in [6, 6.07) is 9.40. The van der Waals surface area contributed by atoms with E-state index < -0.39 is 0 Å². The van der Waals surface area contributed by atoms with Crippen LogP contribution in [-0.2, 0) is 5.41 Å². The maximum absolute atomic E-state index is 3.72. The number of rotatable bonds is 2. The molecule has 1 unspecified atom stereocenters. The number of nitrogens with zero attached hydrogens (tertiary/aromatic N) is 1. The van der Waals surface area contributed by atoms with Gasteiger partial charge >= 0.3 is 0 Å². The van der Waals surface area contributed by atoms with Crippen LogP contribution in [0.25, 0.3) is 0 Å². The van der Waals surface area contributed by atoms with Crippen LogP contribution < -0.4 is 5.32 Å². The average molecular weight is 242 g/mol. The molecule has 0 radical (unpaired) electrons. The number of benzene rings is 1. The molecule has 2 aliphatic heterocycles. The minimum Gasteiger partial charge on any atom is -0.308 e. The quantitative estimate of drug-likeness (QED) is 0.802. The van der Waals surface area contributed by atoms with E-state index in [1.807, 2.05) is 0 Å². The Morgan fingerprint density at radius 1 is 1.22 bits per heavy atom. The van der Waals surface area contributed by atoms with Crippen LogP contribution in [0.5, 0.6) is 0 Å². The highest BCUT2D eigenvalue weighted by Crippen LogP contribution is 2.34. The highest BCUT2D eigenvalue weighted by molar-refractivity contribution is 5.38. The lowest BCUT2D eigenvalue weighted by Crippen LogP contribution is -2.45. The van der Waals surface area contributed by atoms with Crippen molar-refractivity contribution in [3.05, 3.63) is 47.5 Å². The van der Waals surface area contributed by atoms with Gasteiger partial charge in [0.05, 0.1) is 0 Å². The minimum atomic E-state index is 0.246. The third-order valence-corrected chi connectivity index (χ3v) is 4.19. The maximum Gasteiger partial charge on any atom is 0.0452 e. The number of fused-ring (bicyclic) bond motifs is 1. The van der Waals surface area contributed by atoms with E-state index in [0.717, 1.165) is 26.2 Å². The Morgan fingerprint density at radius 3 is 2.72 bits per heavy atom. The summed E-state index contributed by atoms with van der Waals surface area (Å²) in [5.41, 5.74) is 3.25. The van der Waals surface area contributed by atoms with Crippen molar-refractivity contribution in [2.75, 3.05) is 26.2 Å². The topological polar surface area (TPSA) is 15.3 Å². The first-order valence-corrected chi connectivity index (χ1v) is 6.87. The molecule has 0 saturated carbocycles. The van der Waals surface area contributed by atoms with E-state index in [-0.39, 0.29) is 5.41 Å². The predicted molar refractivity (Wildman–Crippen MR) is 75.8 cm³/mol. The lowest BCUT2D eigenvalue weighted by molar-refractivity contribution is 0.275. The molecule has 0 fully saturated rings. The van der Waals surface area contributed by atoms with Crippen molar-refractivity contribution in [3.63, 3.8) is 0 Å². The molecule has 2 nitrogen and oxygen atoms in total. The van der Waals surface area contributed by atoms with Crippen molar-refractivity contribution in [1.29, 1.82) is 0 Å². The summed E-state index contributed by atoms with van der Waals surface area (Å²) in [4.78, 5) is 2.49. The minimum absolute atomic E-state index is 0.246. The summed E-state index contributed by atoms with van der Waals surface area (Å²) in [5, 5.41) is 3.72. The zero-order chi connectivity index (χ0) is 12.6. The van der Waals surface area contributed by atoms with Gasteiger partial charge in [0.25, 0.3) is 0 Å². The molecule has 2 heterocycles. The molecule has 1 atom stereocenters. The van der Waals surface area contributed by atoms with Crippen LogP contribution in [0.1, 0.15) is 31.0 Å². The van der Waals surface area contributed by atoms with E-state index in [2.05, 4.69) is 60.5 Å². The first kappa shape index (κ1) is 11.9. The normalized spacial score (nSPS) is 26.2. The smallest absolute Gasteiger partial charge is 0.0452 e. The molecule has 1 aromatic rings. The third kappa shape index (κ3) is 2.11. The van der Waals surface area contributed by atoms with Crippen LogP contribution in [0.15, 0.2) is 36.4 Å². The summed E-state index contributed by atoms with van der Waals surface area (Å²) in [6.45, 7) is 9.03. The van der Waals surface area contributed by atoms with E-state index in [4.69, 9.17) is 0 Å². The van der Waals surface area contributed by atoms with E-state index in [1.165, 1.54) is 11.1 Å². The Labute approximate surface area is 110 Å². The van der Waals surface area contributed by atoms with Crippen LogP contribution in [-0.4, -0.2) is 31.1 Å². The molecule has 0 aromatic heterocycles. The van der Waals surface area contributed by atoms with E-state index in [1.54, 1.807) is 0 Å². The third-order valence-electron chi connectivity index (χ3n) is 4.19. The Morgan fingerprint density at radius 2 is 1.94 bits per heavy atom. The summed E-state index contributed by atoms with van der Waals surface area (Å²) in [7, 11) is 0. The average Bonchev–Trinajstić information content (AvgIpc) is 2.86. The molecule has 2 heteroatoms. The summed E-state index contributed by atoms with van der Waals surface area (Å²) < 4.78 is 0. The standard InChI is InChI=1S/C16H22N2/c1-16(2)12-17-15(11-18-9-5-6-10-18)13-7-3-4-8-14(13)16/h3-8,15,17H,9-12H2,1-2H3. The van der Waals surface area contributed by atoms with Crippen molar-refractivity contribution in [2.45, 2.75) is 25.3 Å². The van der Waals surface area contributed by atoms with Gasteiger partial charge in [-0.3, -0.25) is 4.90 Å². The Hall–Kier alpha value is -1.12. The second kappa shape index (κ2) is 4.52. The summed E-state index contributed by atoms with van der Waals surface area (Å²) in [5.74, 6) is 0. The second-order valence-electron chi connectivity index (χ2n) is 6.09. The van der Waals surface area contributed by atoms with Crippen LogP contribution in [0.3, 0.4) is 0 Å². The van der Waals surface area contributed by atoms with E-state index in [9.17, 15) is 0 Å². The van der Waals surface area contributed by atoms with E-state index in [0.29, 0.717) is 6.04 Å². The molecule has 0 amide bonds. The molecule has 3 rings (SSSR count). The van der Waals surface area contributed by atoms with Gasteiger partial charge in [-0.1, -0.05) is 50.3 Å². The summed E-state index contributed by atoms with van der Waals surface area (Å²) >= 11 is 0. The first-order chi connectivity index (χ1) is 8.67. The van der Waals surface area contributed by atoms with Gasteiger partial charge in [-0.15, -0.1) is 0 Å². The van der Waals surface area contributed by atoms with Crippen molar-refractivity contribution >= 4 is 0 Å². The van der Waals surface area contributed by atoms with Crippen molar-refractivity contribution < 1.29 is 0 Å². The fraction of sp³-hybridized carbons (Fsp3) is 0.500. The molecule has 1 N–H and O–H groups in total. The monoisotopic (exact) mass is 242 g/mol. The van der Waals surface area contributed by atoms with Gasteiger partial charge in [0.15, 0.2) is 0 Å². The van der Waals surface area contributed by atoms with Crippen molar-refractivity contribution in [2.24, 2.45) is 0 Å². The zero-order valence-corrected chi connectivity index (χ0v) is 11.3. The molecule has 0 bridgehead atoms. The number of hydrogen-bond acceptors (Lipinski definition) is 2. The van der Waals surface area contributed by atoms with Gasteiger partial charge in [0.1, 0.15) is 0 Å². The zero-order valence-electron chi connectivity index (χ0n) is 11.3. The van der Waals surface area contributed by atoms with E-state index >= 15 is 0 Å². The highest BCUT2D eigenvalue weighted by Gasteiger charge is 2.32. The molecule has 1 aromatic carbocycles. The van der Waals surface area contributed by atoms with Crippen molar-refractivity contribution in [1.82, 2.24) is 10.2 Å². The molecule has 2 aliphatic rings. The fourth-order valence-electron chi connectivity index (χ4n) is 3.09. The van der Waals surface area contributed by atoms with Crippen LogP contribution >= 0.6 is 0 Å². The summed E-state index contributed by atoms with van der Waals surface area (Å²) in [6.07, 6.45) is 4.53. The highest BCUT2D eigenvalue weighted by atomic mass is 15.2. The van der Waals surface area contributed by atoms with Gasteiger partial charge in [-0.2, -0.15) is 0 Å². The molecular weight excluding hydrogens is 220 g/mol. The van der Waals surface area contributed by atoms with Crippen molar-refractivity contribution in [3.8, 4) is 0 Å². The van der Waals surface area contributed by atoms with Gasteiger partial charge in [0.2, 0.25) is 0 Å². The maximum atomic E-state index is 3.72. The molecule has 0 aliphatic carbocycles. The molecule has 18 heavy (non-hydrogen) atoms. The molecule has 0 spiro atoms. The second-order valence-corrected chi connectivity index (χ2v) is 6.09. The predicted octanol–water partition coefficient (Wildman–Crippen LogP) is 2.48. The largest absolute Gasteiger partial charge is 0.308 e. The Bertz CT molecular complexity index is 454. The molecule has 96 valence electrons. The number of hydrogen-bond donors (Lipinski definition) is 1. The molecular formula is C16H22N2. The lowest BCUT2D eigenvalue weighted by atomic mass is 9.77. The first-order valence-electron chi connectivity index (χ1n) is 6.87. The molecule has 0 saturated heterocycles. The lowest BCUT2D eigenvalue weighted by Gasteiger charge is -2.39. The van der Waals surface area contributed by atoms with Crippen LogP contribution in [0, 0.1) is 0 Å². The Balaban J connectivity index is 1.85.